The van der Waals surface area contributed by atoms with Crippen molar-refractivity contribution >= 4 is 12.3 Å². The second-order valence-corrected chi connectivity index (χ2v) is 2.32. The van der Waals surface area contributed by atoms with Crippen molar-refractivity contribution in [1.82, 2.24) is 0 Å². The Morgan fingerprint density at radius 3 is 2.09 bits per heavy atom. The molecule has 0 fully saturated rings. The minimum Gasteiger partial charge on any atom is -0.478 e. The van der Waals surface area contributed by atoms with E-state index in [-0.39, 0.29) is 5.57 Å². The molecule has 0 rings (SSSR count). The van der Waals surface area contributed by atoms with Gasteiger partial charge in [-0.05, 0) is 13.8 Å². The molecule has 0 radical (unpaired) electrons. The van der Waals surface area contributed by atoms with Gasteiger partial charge in [-0.15, -0.1) is 0 Å². The molecule has 0 saturated heterocycles. The Labute approximate surface area is 65.0 Å². The Balaban J connectivity index is 4.54. The van der Waals surface area contributed by atoms with Gasteiger partial charge in [-0.2, -0.15) is 0 Å². The topological polar surface area (TPSA) is 54.4 Å². The fourth-order valence-electron chi connectivity index (χ4n) is 0.586. The van der Waals surface area contributed by atoms with Crippen LogP contribution in [0.1, 0.15) is 13.8 Å². The lowest BCUT2D eigenvalue weighted by Gasteiger charge is -1.89. The van der Waals surface area contributed by atoms with Gasteiger partial charge in [0, 0.05) is 11.6 Å². The lowest BCUT2D eigenvalue weighted by molar-refractivity contribution is -0.131. The predicted molar refractivity (Wildman–Crippen MR) is 41.2 cm³/mol. The van der Waals surface area contributed by atoms with E-state index < -0.39 is 5.97 Å². The SMILES string of the molecule is CC(C)=CC(C=O)=CC(=O)O. The number of carbonyl (C=O) groups excluding carboxylic acids is 1. The lowest BCUT2D eigenvalue weighted by Crippen LogP contribution is -1.91. The highest BCUT2D eigenvalue weighted by Gasteiger charge is 1.94. The number of hydrogen-bond donors (Lipinski definition) is 1. The van der Waals surface area contributed by atoms with Crippen molar-refractivity contribution in [3.05, 3.63) is 23.3 Å². The summed E-state index contributed by atoms with van der Waals surface area (Å²) in [6, 6.07) is 0. The zero-order chi connectivity index (χ0) is 8.85. The largest absolute Gasteiger partial charge is 0.478 e. The van der Waals surface area contributed by atoms with Crippen LogP contribution in [0.4, 0.5) is 0 Å². The van der Waals surface area contributed by atoms with Crippen LogP contribution in [0, 0.1) is 0 Å². The molecule has 0 unspecified atom stereocenters. The second-order valence-electron chi connectivity index (χ2n) is 2.32. The van der Waals surface area contributed by atoms with Crippen LogP contribution in [0.25, 0.3) is 0 Å². The number of rotatable bonds is 3. The molecule has 60 valence electrons. The summed E-state index contributed by atoms with van der Waals surface area (Å²) in [5, 5.41) is 8.26. The highest BCUT2D eigenvalue weighted by atomic mass is 16.4. The molecule has 0 aromatic rings. The zero-order valence-electron chi connectivity index (χ0n) is 6.50. The molecule has 0 heterocycles. The monoisotopic (exact) mass is 154 g/mol. The summed E-state index contributed by atoms with van der Waals surface area (Å²) in [7, 11) is 0. The molecule has 1 N–H and O–H groups in total. The smallest absolute Gasteiger partial charge is 0.329 e. The van der Waals surface area contributed by atoms with Gasteiger partial charge < -0.3 is 5.11 Å². The van der Waals surface area contributed by atoms with E-state index >= 15 is 0 Å². The summed E-state index contributed by atoms with van der Waals surface area (Å²) in [5.41, 5.74) is 1.07. The van der Waals surface area contributed by atoms with Crippen LogP contribution < -0.4 is 0 Å². The van der Waals surface area contributed by atoms with Crippen molar-refractivity contribution in [2.24, 2.45) is 0 Å². The Morgan fingerprint density at radius 2 is 1.82 bits per heavy atom. The Hall–Kier alpha value is -1.38. The first-order valence-corrected chi connectivity index (χ1v) is 3.11. The molecule has 0 aliphatic carbocycles. The molecule has 0 amide bonds. The quantitative estimate of drug-likeness (QED) is 0.377. The molecule has 0 bridgehead atoms. The normalized spacial score (nSPS) is 10.5. The standard InChI is InChI=1S/C8H10O3/c1-6(2)3-7(5-9)4-8(10)11/h3-5H,1-2H3,(H,10,11). The van der Waals surface area contributed by atoms with Gasteiger partial charge in [0.25, 0.3) is 0 Å². The summed E-state index contributed by atoms with van der Waals surface area (Å²) in [6.45, 7) is 3.58. The van der Waals surface area contributed by atoms with Gasteiger partial charge >= 0.3 is 5.97 Å². The summed E-state index contributed by atoms with van der Waals surface area (Å²) in [6.07, 6.45) is 2.90. The fraction of sp³-hybridized carbons (Fsp3) is 0.250. The van der Waals surface area contributed by atoms with E-state index in [2.05, 4.69) is 0 Å². The molecule has 0 aromatic carbocycles. The minimum absolute atomic E-state index is 0.178. The summed E-state index contributed by atoms with van der Waals surface area (Å²) < 4.78 is 0. The predicted octanol–water partition coefficient (Wildman–Crippen LogP) is 1.16. The summed E-state index contributed by atoms with van der Waals surface area (Å²) >= 11 is 0. The van der Waals surface area contributed by atoms with Crippen molar-refractivity contribution in [1.29, 1.82) is 0 Å². The first-order chi connectivity index (χ1) is 5.06. The molecule has 0 aromatic heterocycles. The molecule has 0 aliphatic heterocycles. The van der Waals surface area contributed by atoms with Crippen LogP contribution in [-0.2, 0) is 9.59 Å². The highest BCUT2D eigenvalue weighted by Crippen LogP contribution is 1.98. The van der Waals surface area contributed by atoms with E-state index in [1.54, 1.807) is 13.8 Å². The summed E-state index contributed by atoms with van der Waals surface area (Å²) in [5.74, 6) is -1.11. The van der Waals surface area contributed by atoms with Crippen LogP contribution in [0.2, 0.25) is 0 Å². The van der Waals surface area contributed by atoms with Gasteiger partial charge in [-0.1, -0.05) is 11.6 Å². The Bertz CT molecular complexity index is 219. The van der Waals surface area contributed by atoms with Crippen LogP contribution in [0.15, 0.2) is 23.3 Å². The highest BCUT2D eigenvalue weighted by molar-refractivity contribution is 5.90. The van der Waals surface area contributed by atoms with E-state index in [9.17, 15) is 9.59 Å². The Kier molecular flexibility index (Phi) is 3.88. The first-order valence-electron chi connectivity index (χ1n) is 3.11. The van der Waals surface area contributed by atoms with E-state index in [0.29, 0.717) is 6.29 Å². The summed E-state index contributed by atoms with van der Waals surface area (Å²) in [4.78, 5) is 20.3. The molecule has 0 aliphatic rings. The van der Waals surface area contributed by atoms with E-state index in [1.165, 1.54) is 6.08 Å². The molecule has 0 atom stereocenters. The maximum Gasteiger partial charge on any atom is 0.329 e. The number of hydrogen-bond acceptors (Lipinski definition) is 2. The van der Waals surface area contributed by atoms with Gasteiger partial charge in [0.2, 0.25) is 0 Å². The van der Waals surface area contributed by atoms with Crippen LogP contribution in [0.5, 0.6) is 0 Å². The van der Waals surface area contributed by atoms with Crippen LogP contribution >= 0.6 is 0 Å². The lowest BCUT2D eigenvalue weighted by atomic mass is 10.2. The molecule has 0 saturated carbocycles. The number of aldehydes is 1. The van der Waals surface area contributed by atoms with Crippen molar-refractivity contribution in [3.63, 3.8) is 0 Å². The molecular weight excluding hydrogens is 144 g/mol. The Morgan fingerprint density at radius 1 is 1.27 bits per heavy atom. The molecule has 0 spiro atoms. The van der Waals surface area contributed by atoms with E-state index in [0.717, 1.165) is 11.6 Å². The van der Waals surface area contributed by atoms with Gasteiger partial charge in [-0.3, -0.25) is 4.79 Å². The third-order valence-electron chi connectivity index (χ3n) is 0.882. The van der Waals surface area contributed by atoms with Crippen molar-refractivity contribution in [3.8, 4) is 0 Å². The van der Waals surface area contributed by atoms with Crippen molar-refractivity contribution in [2.75, 3.05) is 0 Å². The number of carboxylic acids is 1. The number of aliphatic carboxylic acids is 1. The average molecular weight is 154 g/mol. The minimum atomic E-state index is -1.11. The van der Waals surface area contributed by atoms with Crippen molar-refractivity contribution < 1.29 is 14.7 Å². The molecular formula is C8H10O3. The van der Waals surface area contributed by atoms with Gasteiger partial charge in [0.1, 0.15) is 6.29 Å². The fourth-order valence-corrected chi connectivity index (χ4v) is 0.586. The van der Waals surface area contributed by atoms with Gasteiger partial charge in [-0.25, -0.2) is 4.79 Å². The van der Waals surface area contributed by atoms with E-state index in [4.69, 9.17) is 5.11 Å². The van der Waals surface area contributed by atoms with Crippen LogP contribution in [0.3, 0.4) is 0 Å². The number of allylic oxidation sites excluding steroid dienone is 3. The van der Waals surface area contributed by atoms with E-state index in [1.807, 2.05) is 0 Å². The van der Waals surface area contributed by atoms with Crippen molar-refractivity contribution in [2.45, 2.75) is 13.8 Å². The third-order valence-corrected chi connectivity index (χ3v) is 0.882. The third kappa shape index (κ3) is 5.08. The molecule has 3 nitrogen and oxygen atoms in total. The second kappa shape index (κ2) is 4.44. The molecule has 3 heteroatoms. The zero-order valence-corrected chi connectivity index (χ0v) is 6.50. The number of carboxylic acid groups (broad SMARTS) is 1. The maximum atomic E-state index is 10.2. The van der Waals surface area contributed by atoms with Gasteiger partial charge in [0.15, 0.2) is 0 Å². The number of carbonyl (C=O) groups is 2. The molecule has 11 heavy (non-hydrogen) atoms. The maximum absolute atomic E-state index is 10.2. The average Bonchev–Trinajstić information content (AvgIpc) is 1.84. The van der Waals surface area contributed by atoms with Gasteiger partial charge in [0.05, 0.1) is 0 Å². The van der Waals surface area contributed by atoms with Crippen LogP contribution in [-0.4, -0.2) is 17.4 Å². The first kappa shape index (κ1) is 9.62.